The van der Waals surface area contributed by atoms with Crippen LogP contribution in [0.25, 0.3) is 0 Å². The van der Waals surface area contributed by atoms with Crippen LogP contribution in [0.4, 0.5) is 0 Å². The van der Waals surface area contributed by atoms with Crippen LogP contribution in [0.3, 0.4) is 0 Å². The largest absolute Gasteiger partial charge is 0.493 e. The van der Waals surface area contributed by atoms with E-state index in [1.165, 1.54) is 5.56 Å². The van der Waals surface area contributed by atoms with E-state index in [0.29, 0.717) is 6.61 Å². The van der Waals surface area contributed by atoms with Gasteiger partial charge in [0.1, 0.15) is 5.75 Å². The van der Waals surface area contributed by atoms with E-state index in [1.807, 2.05) is 24.3 Å². The molecule has 0 aliphatic heterocycles. The molecule has 1 aromatic carbocycles. The first-order valence-electron chi connectivity index (χ1n) is 5.22. The molecule has 0 unspecified atom stereocenters. The molecular weight excluding hydrogens is 220 g/mol. The molecule has 2 aromatic rings. The fourth-order valence-corrected chi connectivity index (χ4v) is 2.12. The van der Waals surface area contributed by atoms with Crippen LogP contribution in [0, 0.1) is 0 Å². The highest BCUT2D eigenvalue weighted by Gasteiger charge is 1.96. The zero-order valence-corrected chi connectivity index (χ0v) is 9.74. The third kappa shape index (κ3) is 3.08. The lowest BCUT2D eigenvalue weighted by atomic mass is 10.2. The maximum absolute atomic E-state index is 8.89. The Morgan fingerprint density at radius 1 is 1.06 bits per heavy atom. The van der Waals surface area contributed by atoms with Gasteiger partial charge in [-0.1, -0.05) is 12.1 Å². The van der Waals surface area contributed by atoms with E-state index in [0.717, 1.165) is 17.7 Å². The van der Waals surface area contributed by atoms with Crippen molar-refractivity contribution in [3.8, 4) is 5.75 Å². The summed E-state index contributed by atoms with van der Waals surface area (Å²) in [7, 11) is 0. The van der Waals surface area contributed by atoms with E-state index in [4.69, 9.17) is 9.84 Å². The van der Waals surface area contributed by atoms with Gasteiger partial charge in [0.05, 0.1) is 13.2 Å². The Labute approximate surface area is 99.1 Å². The topological polar surface area (TPSA) is 29.5 Å². The van der Waals surface area contributed by atoms with Crippen LogP contribution in [-0.2, 0) is 13.0 Å². The number of benzene rings is 1. The fraction of sp³-hybridized carbons (Fsp3) is 0.231. The van der Waals surface area contributed by atoms with E-state index in [9.17, 15) is 0 Å². The molecule has 0 atom stereocenters. The Balaban J connectivity index is 1.81. The van der Waals surface area contributed by atoms with Crippen molar-refractivity contribution >= 4 is 11.3 Å². The van der Waals surface area contributed by atoms with Crippen LogP contribution >= 0.6 is 11.3 Å². The van der Waals surface area contributed by atoms with Gasteiger partial charge in [-0.25, -0.2) is 0 Å². The second-order valence-electron chi connectivity index (χ2n) is 3.53. The van der Waals surface area contributed by atoms with E-state index in [2.05, 4.69) is 16.8 Å². The number of hydrogen-bond acceptors (Lipinski definition) is 3. The summed E-state index contributed by atoms with van der Waals surface area (Å²) in [5, 5.41) is 13.1. The Hall–Kier alpha value is -1.32. The molecular formula is C13H14O2S. The monoisotopic (exact) mass is 234 g/mol. The lowest BCUT2D eigenvalue weighted by Gasteiger charge is -2.05. The van der Waals surface area contributed by atoms with Gasteiger partial charge < -0.3 is 9.84 Å². The molecule has 0 spiro atoms. The highest BCUT2D eigenvalue weighted by Crippen LogP contribution is 2.13. The van der Waals surface area contributed by atoms with Crippen LogP contribution in [-0.4, -0.2) is 11.7 Å². The van der Waals surface area contributed by atoms with Crippen molar-refractivity contribution in [2.75, 3.05) is 6.61 Å². The molecule has 0 saturated carbocycles. The van der Waals surface area contributed by atoms with Gasteiger partial charge in [-0.05, 0) is 40.1 Å². The Morgan fingerprint density at radius 3 is 2.50 bits per heavy atom. The second kappa shape index (κ2) is 5.68. The van der Waals surface area contributed by atoms with Crippen LogP contribution in [0.2, 0.25) is 0 Å². The molecule has 2 nitrogen and oxygen atoms in total. The number of ether oxygens (including phenoxy) is 1. The first kappa shape index (κ1) is 11.2. The van der Waals surface area contributed by atoms with Crippen molar-refractivity contribution < 1.29 is 9.84 Å². The SMILES string of the molecule is OCc1ccc(OCCc2ccsc2)cc1. The van der Waals surface area contributed by atoms with Crippen molar-refractivity contribution in [1.29, 1.82) is 0 Å². The summed E-state index contributed by atoms with van der Waals surface area (Å²) >= 11 is 1.71. The third-order valence-corrected chi connectivity index (χ3v) is 3.08. The second-order valence-corrected chi connectivity index (χ2v) is 4.31. The molecule has 2 rings (SSSR count). The van der Waals surface area contributed by atoms with E-state index >= 15 is 0 Å². The highest BCUT2D eigenvalue weighted by atomic mass is 32.1. The molecule has 1 aromatic heterocycles. The van der Waals surface area contributed by atoms with Gasteiger partial charge >= 0.3 is 0 Å². The van der Waals surface area contributed by atoms with Crippen molar-refractivity contribution in [2.45, 2.75) is 13.0 Å². The fourth-order valence-electron chi connectivity index (χ4n) is 1.41. The molecule has 84 valence electrons. The molecule has 0 amide bonds. The Bertz CT molecular complexity index is 406. The maximum atomic E-state index is 8.89. The van der Waals surface area contributed by atoms with Crippen LogP contribution in [0.15, 0.2) is 41.1 Å². The molecule has 0 aliphatic rings. The number of hydrogen-bond donors (Lipinski definition) is 1. The highest BCUT2D eigenvalue weighted by molar-refractivity contribution is 7.07. The molecule has 0 saturated heterocycles. The minimum absolute atomic E-state index is 0.0786. The minimum atomic E-state index is 0.0786. The quantitative estimate of drug-likeness (QED) is 0.862. The van der Waals surface area contributed by atoms with Gasteiger partial charge in [-0.15, -0.1) is 0 Å². The summed E-state index contributed by atoms with van der Waals surface area (Å²) in [5.41, 5.74) is 2.22. The van der Waals surface area contributed by atoms with Gasteiger partial charge in [0.25, 0.3) is 0 Å². The summed E-state index contributed by atoms with van der Waals surface area (Å²) in [5.74, 6) is 0.854. The van der Waals surface area contributed by atoms with Crippen molar-refractivity contribution in [1.82, 2.24) is 0 Å². The molecule has 0 fully saturated rings. The molecule has 1 heterocycles. The molecule has 1 N–H and O–H groups in total. The lowest BCUT2D eigenvalue weighted by Crippen LogP contribution is -2.00. The van der Waals surface area contributed by atoms with Crippen molar-refractivity contribution in [3.05, 3.63) is 52.2 Å². The summed E-state index contributed by atoms with van der Waals surface area (Å²) in [6, 6.07) is 9.64. The van der Waals surface area contributed by atoms with Crippen molar-refractivity contribution in [3.63, 3.8) is 0 Å². The molecule has 16 heavy (non-hydrogen) atoms. The summed E-state index contributed by atoms with van der Waals surface area (Å²) < 4.78 is 5.60. The smallest absolute Gasteiger partial charge is 0.119 e. The Kier molecular flexibility index (Phi) is 3.97. The number of aliphatic hydroxyl groups is 1. The van der Waals surface area contributed by atoms with Gasteiger partial charge in [0, 0.05) is 6.42 Å². The average molecular weight is 234 g/mol. The first-order chi connectivity index (χ1) is 7.88. The zero-order valence-electron chi connectivity index (χ0n) is 8.93. The van der Waals surface area contributed by atoms with Gasteiger partial charge in [0.2, 0.25) is 0 Å². The van der Waals surface area contributed by atoms with Gasteiger partial charge in [-0.2, -0.15) is 11.3 Å². The number of aliphatic hydroxyl groups excluding tert-OH is 1. The predicted octanol–water partition coefficient (Wildman–Crippen LogP) is 2.86. The zero-order chi connectivity index (χ0) is 11.2. The third-order valence-electron chi connectivity index (χ3n) is 2.35. The van der Waals surface area contributed by atoms with Gasteiger partial charge in [-0.3, -0.25) is 0 Å². The summed E-state index contributed by atoms with van der Waals surface area (Å²) in [4.78, 5) is 0. The maximum Gasteiger partial charge on any atom is 0.119 e. The van der Waals surface area contributed by atoms with Crippen molar-refractivity contribution in [2.24, 2.45) is 0 Å². The molecule has 0 aliphatic carbocycles. The van der Waals surface area contributed by atoms with Crippen LogP contribution < -0.4 is 4.74 Å². The van der Waals surface area contributed by atoms with Gasteiger partial charge in [0.15, 0.2) is 0 Å². The minimum Gasteiger partial charge on any atom is -0.493 e. The first-order valence-corrected chi connectivity index (χ1v) is 6.16. The Morgan fingerprint density at radius 2 is 1.88 bits per heavy atom. The molecule has 3 heteroatoms. The standard InChI is InChI=1S/C13H14O2S/c14-9-11-1-3-13(4-2-11)15-7-5-12-6-8-16-10-12/h1-4,6,8,10,14H,5,7,9H2. The molecule has 0 radical (unpaired) electrons. The summed E-state index contributed by atoms with van der Waals surface area (Å²) in [6.07, 6.45) is 0.936. The summed E-state index contributed by atoms with van der Waals surface area (Å²) in [6.45, 7) is 0.768. The van der Waals surface area contributed by atoms with E-state index in [1.54, 1.807) is 11.3 Å². The van der Waals surface area contributed by atoms with E-state index in [-0.39, 0.29) is 6.61 Å². The average Bonchev–Trinajstić information content (AvgIpc) is 2.83. The number of thiophene rings is 1. The normalized spacial score (nSPS) is 10.3. The van der Waals surface area contributed by atoms with E-state index < -0.39 is 0 Å². The number of rotatable bonds is 5. The van der Waals surface area contributed by atoms with Crippen LogP contribution in [0.5, 0.6) is 5.75 Å². The lowest BCUT2D eigenvalue weighted by molar-refractivity contribution is 0.281. The molecule has 0 bridgehead atoms. The predicted molar refractivity (Wildman–Crippen MR) is 65.9 cm³/mol. The van der Waals surface area contributed by atoms with Crippen LogP contribution in [0.1, 0.15) is 11.1 Å².